The Bertz CT molecular complexity index is 1180. The molecule has 38 heavy (non-hydrogen) atoms. The summed E-state index contributed by atoms with van der Waals surface area (Å²) < 4.78 is 18.9. The normalized spacial score (nSPS) is 28.3. The van der Waals surface area contributed by atoms with Gasteiger partial charge in [0.15, 0.2) is 0 Å². The van der Waals surface area contributed by atoms with Crippen LogP contribution in [0.1, 0.15) is 81.6 Å². The maximum atomic E-state index is 13.1. The lowest BCUT2D eigenvalue weighted by atomic mass is 9.43. The number of rotatable bonds is 8. The smallest absolute Gasteiger partial charge is 0.456 e. The third kappa shape index (κ3) is 5.45. The van der Waals surface area contributed by atoms with Gasteiger partial charge in [-0.15, -0.1) is 11.3 Å². The number of aryl methyl sites for hydroxylation is 1. The Labute approximate surface area is 231 Å². The Morgan fingerprint density at radius 3 is 2.66 bits per heavy atom. The first-order chi connectivity index (χ1) is 17.8. The van der Waals surface area contributed by atoms with Crippen LogP contribution in [0.2, 0.25) is 0 Å². The molecule has 1 aliphatic heterocycles. The van der Waals surface area contributed by atoms with Gasteiger partial charge in [0.2, 0.25) is 5.91 Å². The minimum atomic E-state index is -0.572. The number of thiophene rings is 1. The molecule has 5 atom stereocenters. The van der Waals surface area contributed by atoms with E-state index in [1.54, 1.807) is 17.4 Å². The monoisotopic (exact) mass is 537 g/mol. The first kappa shape index (κ1) is 27.4. The molecule has 0 spiro atoms. The van der Waals surface area contributed by atoms with E-state index in [1.165, 1.54) is 11.3 Å². The maximum absolute atomic E-state index is 13.1. The summed E-state index contributed by atoms with van der Waals surface area (Å²) in [4.78, 5) is 27.0. The number of hydrogen-bond acceptors (Lipinski definition) is 6. The number of carbonyl (C=O) groups excluding carboxylic acids is 2. The Hall–Kier alpha value is -2.16. The number of esters is 1. The van der Waals surface area contributed by atoms with E-state index >= 15 is 0 Å². The average Bonchev–Trinajstić information content (AvgIpc) is 3.48. The highest BCUT2D eigenvalue weighted by Gasteiger charge is 2.68. The van der Waals surface area contributed by atoms with Gasteiger partial charge in [-0.1, -0.05) is 32.0 Å². The van der Waals surface area contributed by atoms with Crippen LogP contribution < -0.4 is 5.32 Å². The van der Waals surface area contributed by atoms with E-state index in [2.05, 4.69) is 32.2 Å². The lowest BCUT2D eigenvalue weighted by Crippen LogP contribution is -2.65. The fourth-order valence-electron chi connectivity index (χ4n) is 6.67. The first-order valence-corrected chi connectivity index (χ1v) is 14.7. The van der Waals surface area contributed by atoms with Crippen molar-refractivity contribution in [2.45, 2.75) is 96.9 Å². The number of nitrogens with one attached hydrogen (secondary N) is 1. The average molecular weight is 538 g/mol. The van der Waals surface area contributed by atoms with Crippen LogP contribution in [0.25, 0.3) is 0 Å². The van der Waals surface area contributed by atoms with Crippen molar-refractivity contribution in [2.24, 2.45) is 17.3 Å². The zero-order valence-electron chi connectivity index (χ0n) is 23.4. The van der Waals surface area contributed by atoms with Gasteiger partial charge < -0.3 is 19.4 Å². The Kier molecular flexibility index (Phi) is 7.29. The third-order valence-electron chi connectivity index (χ3n) is 8.84. The summed E-state index contributed by atoms with van der Waals surface area (Å²) in [6, 6.07) is 11.5. The molecular formula is C30H40BNO5S. The summed E-state index contributed by atoms with van der Waals surface area (Å²) in [5.41, 5.74) is 0.731. The van der Waals surface area contributed by atoms with Crippen molar-refractivity contribution >= 4 is 30.3 Å². The molecule has 3 aliphatic carbocycles. The summed E-state index contributed by atoms with van der Waals surface area (Å²) in [6.07, 6.45) is 3.79. The molecule has 4 aliphatic rings. The highest BCUT2D eigenvalue weighted by atomic mass is 32.1. The fraction of sp³-hybridized carbons (Fsp3) is 0.600. The number of carbonyl (C=O) groups is 2. The molecule has 4 fully saturated rings. The van der Waals surface area contributed by atoms with Crippen LogP contribution in [0.15, 0.2) is 41.8 Å². The zero-order valence-corrected chi connectivity index (χ0v) is 24.2. The van der Waals surface area contributed by atoms with Crippen molar-refractivity contribution in [2.75, 3.05) is 0 Å². The fourth-order valence-corrected chi connectivity index (χ4v) is 7.38. The summed E-state index contributed by atoms with van der Waals surface area (Å²) >= 11 is 1.66. The Morgan fingerprint density at radius 2 is 1.97 bits per heavy atom. The van der Waals surface area contributed by atoms with E-state index in [9.17, 15) is 9.59 Å². The topological polar surface area (TPSA) is 73.9 Å². The lowest BCUT2D eigenvalue weighted by molar-refractivity contribution is -0.199. The molecule has 8 heteroatoms. The molecule has 1 aromatic heterocycles. The second kappa shape index (κ2) is 10.1. The van der Waals surface area contributed by atoms with Crippen molar-refractivity contribution in [3.8, 4) is 0 Å². The maximum Gasteiger partial charge on any atom is 0.482 e. The van der Waals surface area contributed by atoms with Gasteiger partial charge >= 0.3 is 13.1 Å². The van der Waals surface area contributed by atoms with Crippen LogP contribution in [-0.2, 0) is 31.7 Å². The molecule has 6 nitrogen and oxygen atoms in total. The molecule has 1 aromatic carbocycles. The Morgan fingerprint density at radius 1 is 1.18 bits per heavy atom. The van der Waals surface area contributed by atoms with E-state index in [-0.39, 0.29) is 34.9 Å². The summed E-state index contributed by atoms with van der Waals surface area (Å²) in [7, 11) is -0.545. The molecule has 3 saturated carbocycles. The SMILES string of the molecule is CC(C)(C)OC(=O)c1cccc(CC(NC(=O)CCc2cccs2)B2OC3CC4CC(C4(C)C)C3(C)O2)c1. The van der Waals surface area contributed by atoms with Crippen LogP contribution in [0.4, 0.5) is 0 Å². The van der Waals surface area contributed by atoms with Crippen molar-refractivity contribution in [3.05, 3.63) is 57.8 Å². The van der Waals surface area contributed by atoms with E-state index in [4.69, 9.17) is 14.0 Å². The number of ether oxygens (including phenoxy) is 1. The van der Waals surface area contributed by atoms with E-state index in [0.29, 0.717) is 36.7 Å². The summed E-state index contributed by atoms with van der Waals surface area (Å²) in [6.45, 7) is 12.5. The van der Waals surface area contributed by atoms with Crippen LogP contribution >= 0.6 is 11.3 Å². The lowest BCUT2D eigenvalue weighted by Gasteiger charge is -2.64. The minimum absolute atomic E-state index is 0.0245. The van der Waals surface area contributed by atoms with E-state index in [0.717, 1.165) is 12.0 Å². The molecule has 2 aromatic rings. The number of hydrogen-bond donors (Lipinski definition) is 1. The van der Waals surface area contributed by atoms with Gasteiger partial charge in [-0.05, 0) is 99.8 Å². The van der Waals surface area contributed by atoms with Crippen molar-refractivity contribution < 1.29 is 23.6 Å². The Balaban J connectivity index is 1.34. The predicted octanol–water partition coefficient (Wildman–Crippen LogP) is 5.63. The molecule has 1 amide bonds. The van der Waals surface area contributed by atoms with Crippen LogP contribution in [0, 0.1) is 17.3 Å². The molecule has 1 N–H and O–H groups in total. The van der Waals surface area contributed by atoms with Crippen LogP contribution in [0.3, 0.4) is 0 Å². The van der Waals surface area contributed by atoms with Gasteiger partial charge in [-0.25, -0.2) is 4.79 Å². The van der Waals surface area contributed by atoms with Gasteiger partial charge in [0, 0.05) is 11.3 Å². The van der Waals surface area contributed by atoms with Crippen molar-refractivity contribution in [1.82, 2.24) is 5.32 Å². The standard InChI is InChI=1S/C30H40BNO5S/c1-28(2,3)35-27(34)20-10-7-9-19(15-20)16-25(32-26(33)13-12-22-11-8-14-38-22)31-36-24-18-21-17-23(29(21,4)5)30(24,6)37-31/h7-11,14-15,21,23-25H,12-13,16-18H2,1-6H3,(H,32,33). The van der Waals surface area contributed by atoms with Gasteiger partial charge in [0.05, 0.1) is 23.2 Å². The quantitative estimate of drug-likeness (QED) is 0.349. The van der Waals surface area contributed by atoms with Crippen LogP contribution in [0.5, 0.6) is 0 Å². The molecule has 204 valence electrons. The first-order valence-electron chi connectivity index (χ1n) is 13.8. The molecule has 1 saturated heterocycles. The van der Waals surface area contributed by atoms with Crippen molar-refractivity contribution in [3.63, 3.8) is 0 Å². The highest BCUT2D eigenvalue weighted by Crippen LogP contribution is 2.65. The largest absolute Gasteiger partial charge is 0.482 e. The van der Waals surface area contributed by atoms with Crippen molar-refractivity contribution in [1.29, 1.82) is 0 Å². The van der Waals surface area contributed by atoms with Crippen LogP contribution in [-0.4, -0.2) is 42.2 Å². The second-order valence-corrected chi connectivity index (χ2v) is 14.0. The summed E-state index contributed by atoms with van der Waals surface area (Å²) in [5, 5.41) is 5.26. The highest BCUT2D eigenvalue weighted by molar-refractivity contribution is 7.09. The molecule has 2 heterocycles. The predicted molar refractivity (Wildman–Crippen MR) is 150 cm³/mol. The number of benzene rings is 1. The molecular weight excluding hydrogens is 497 g/mol. The van der Waals surface area contributed by atoms with Gasteiger partial charge in [-0.2, -0.15) is 0 Å². The molecule has 2 bridgehead atoms. The van der Waals surface area contributed by atoms with E-state index < -0.39 is 12.7 Å². The van der Waals surface area contributed by atoms with E-state index in [1.807, 2.05) is 50.4 Å². The summed E-state index contributed by atoms with van der Waals surface area (Å²) in [5.74, 6) is 0.336. The molecule has 0 radical (unpaired) electrons. The second-order valence-electron chi connectivity index (χ2n) is 13.0. The minimum Gasteiger partial charge on any atom is -0.456 e. The molecule has 6 rings (SSSR count). The number of amides is 1. The third-order valence-corrected chi connectivity index (χ3v) is 9.78. The van der Waals surface area contributed by atoms with Gasteiger partial charge in [-0.3, -0.25) is 4.79 Å². The van der Waals surface area contributed by atoms with Gasteiger partial charge in [0.1, 0.15) is 5.60 Å². The van der Waals surface area contributed by atoms with Gasteiger partial charge in [0.25, 0.3) is 0 Å². The zero-order chi connectivity index (χ0) is 27.3. The molecule has 5 unspecified atom stereocenters.